The lowest BCUT2D eigenvalue weighted by Gasteiger charge is -2.58. The molecule has 1 saturated heterocycles. The Balaban J connectivity index is 1.69. The smallest absolute Gasteiger partial charge is 0.335 e. The number of hydrogen-bond acceptors (Lipinski definition) is 4. The van der Waals surface area contributed by atoms with E-state index in [1.54, 1.807) is 6.08 Å². The summed E-state index contributed by atoms with van der Waals surface area (Å²) in [5, 5.41) is 10.0. The summed E-state index contributed by atoms with van der Waals surface area (Å²) in [6, 6.07) is 0. The number of carbonyl (C=O) groups excluding carboxylic acids is 2. The van der Waals surface area contributed by atoms with Crippen LogP contribution in [0.4, 0.5) is 0 Å². The highest BCUT2D eigenvalue weighted by Crippen LogP contribution is 2.60. The highest BCUT2D eigenvalue weighted by atomic mass is 16.6. The van der Waals surface area contributed by atoms with Gasteiger partial charge in [-0.1, -0.05) is 18.6 Å². The first kappa shape index (κ1) is 15.1. The van der Waals surface area contributed by atoms with Crippen molar-refractivity contribution >= 4 is 11.8 Å². The Morgan fingerprint density at radius 3 is 2.78 bits per heavy atom. The fraction of sp³-hybridized carbons (Fsp3) is 0.684. The van der Waals surface area contributed by atoms with E-state index < -0.39 is 17.7 Å². The molecule has 1 N–H and O–H groups in total. The third-order valence-electron chi connectivity index (χ3n) is 6.97. The van der Waals surface area contributed by atoms with Gasteiger partial charge in [0.15, 0.2) is 11.9 Å². The number of hydrogen-bond donors (Lipinski definition) is 1. The van der Waals surface area contributed by atoms with E-state index in [0.29, 0.717) is 18.3 Å². The van der Waals surface area contributed by atoms with Gasteiger partial charge in [-0.25, -0.2) is 4.79 Å². The van der Waals surface area contributed by atoms with Gasteiger partial charge in [0.2, 0.25) is 0 Å². The standard InChI is InChI=1S/C19H24O4/c1-18-7-5-12(20)9-11(18)3-4-13-14(18)6-8-19(2)15(13)10-16(21)17(22)23-19/h5,7,9,13-16,21H,3-4,6,8,10H2,1-2H3/t13-,14-,15-,16-,18+,19+/m0/s1. The normalized spacial score (nSPS) is 48.7. The SMILES string of the molecule is C[C@@]12CC[C@H]3[C@H](CCC4=CC(=O)C=C[C@]43C)[C@@H]1C[C@H](O)C(=O)O2. The zero-order valence-corrected chi connectivity index (χ0v) is 13.7. The molecule has 3 fully saturated rings. The lowest BCUT2D eigenvalue weighted by atomic mass is 9.49. The summed E-state index contributed by atoms with van der Waals surface area (Å²) < 4.78 is 5.65. The average molecular weight is 316 g/mol. The number of aliphatic hydroxyl groups is 1. The molecule has 1 aliphatic heterocycles. The van der Waals surface area contributed by atoms with Crippen LogP contribution in [-0.2, 0) is 14.3 Å². The van der Waals surface area contributed by atoms with E-state index in [4.69, 9.17) is 4.74 Å². The number of aliphatic hydroxyl groups excluding tert-OH is 1. The van der Waals surface area contributed by atoms with Crippen molar-refractivity contribution < 1.29 is 19.4 Å². The molecule has 0 amide bonds. The Morgan fingerprint density at radius 2 is 2.00 bits per heavy atom. The van der Waals surface area contributed by atoms with Crippen LogP contribution in [0, 0.1) is 23.2 Å². The zero-order chi connectivity index (χ0) is 16.4. The lowest BCUT2D eigenvalue weighted by Crippen LogP contribution is -2.58. The van der Waals surface area contributed by atoms with Crippen molar-refractivity contribution in [2.24, 2.45) is 23.2 Å². The van der Waals surface area contributed by atoms with Crippen molar-refractivity contribution in [2.75, 3.05) is 0 Å². The molecule has 4 aliphatic rings. The maximum atomic E-state index is 11.8. The highest BCUT2D eigenvalue weighted by molar-refractivity contribution is 6.01. The second-order valence-corrected chi connectivity index (χ2v) is 8.13. The van der Waals surface area contributed by atoms with Crippen LogP contribution in [-0.4, -0.2) is 28.6 Å². The molecule has 6 atom stereocenters. The summed E-state index contributed by atoms with van der Waals surface area (Å²) in [6.07, 6.45) is 8.90. The Hall–Kier alpha value is -1.42. The van der Waals surface area contributed by atoms with Crippen LogP contribution in [0.1, 0.15) is 46.0 Å². The maximum absolute atomic E-state index is 11.8. The number of carbonyl (C=O) groups is 2. The summed E-state index contributed by atoms with van der Waals surface area (Å²) in [5.41, 5.74) is 0.747. The Morgan fingerprint density at radius 1 is 1.22 bits per heavy atom. The van der Waals surface area contributed by atoms with Crippen molar-refractivity contribution in [1.29, 1.82) is 0 Å². The first-order chi connectivity index (χ1) is 10.8. The highest BCUT2D eigenvalue weighted by Gasteiger charge is 2.58. The van der Waals surface area contributed by atoms with Crippen LogP contribution in [0.15, 0.2) is 23.8 Å². The molecule has 4 heteroatoms. The van der Waals surface area contributed by atoms with Crippen LogP contribution in [0.5, 0.6) is 0 Å². The molecular weight excluding hydrogens is 292 g/mol. The Bertz CT molecular complexity index is 633. The van der Waals surface area contributed by atoms with Crippen LogP contribution < -0.4 is 0 Å². The van der Waals surface area contributed by atoms with Crippen molar-refractivity contribution in [1.82, 2.24) is 0 Å². The number of ether oxygens (including phenoxy) is 1. The van der Waals surface area contributed by atoms with Crippen molar-refractivity contribution in [3.05, 3.63) is 23.8 Å². The van der Waals surface area contributed by atoms with Crippen molar-refractivity contribution in [3.63, 3.8) is 0 Å². The molecule has 124 valence electrons. The van der Waals surface area contributed by atoms with E-state index >= 15 is 0 Å². The fourth-order valence-corrected chi connectivity index (χ4v) is 5.67. The Kier molecular flexibility index (Phi) is 3.15. The van der Waals surface area contributed by atoms with Gasteiger partial charge >= 0.3 is 5.97 Å². The number of esters is 1. The number of rotatable bonds is 0. The van der Waals surface area contributed by atoms with E-state index in [9.17, 15) is 14.7 Å². The van der Waals surface area contributed by atoms with Gasteiger partial charge in [0.05, 0.1) is 0 Å². The number of ketones is 1. The zero-order valence-electron chi connectivity index (χ0n) is 13.7. The Labute approximate surface area is 136 Å². The fourth-order valence-electron chi connectivity index (χ4n) is 5.67. The van der Waals surface area contributed by atoms with Crippen molar-refractivity contribution in [2.45, 2.75) is 57.7 Å². The van der Waals surface area contributed by atoms with Gasteiger partial charge in [-0.05, 0) is 63.0 Å². The molecular formula is C19H24O4. The summed E-state index contributed by atoms with van der Waals surface area (Å²) in [4.78, 5) is 23.5. The number of allylic oxidation sites excluding steroid dienone is 4. The predicted molar refractivity (Wildman–Crippen MR) is 84.4 cm³/mol. The van der Waals surface area contributed by atoms with E-state index in [0.717, 1.165) is 25.7 Å². The monoisotopic (exact) mass is 316 g/mol. The van der Waals surface area contributed by atoms with Crippen LogP contribution >= 0.6 is 0 Å². The second-order valence-electron chi connectivity index (χ2n) is 8.13. The minimum atomic E-state index is -0.986. The van der Waals surface area contributed by atoms with Gasteiger partial charge in [0.1, 0.15) is 5.60 Å². The molecule has 1 heterocycles. The lowest BCUT2D eigenvalue weighted by molar-refractivity contribution is -0.209. The largest absolute Gasteiger partial charge is 0.457 e. The molecule has 23 heavy (non-hydrogen) atoms. The van der Waals surface area contributed by atoms with Gasteiger partial charge in [-0.15, -0.1) is 0 Å². The molecule has 4 nitrogen and oxygen atoms in total. The minimum Gasteiger partial charge on any atom is -0.457 e. The van der Waals surface area contributed by atoms with Crippen LogP contribution in [0.25, 0.3) is 0 Å². The predicted octanol–water partition coefficient (Wildman–Crippen LogP) is 2.56. The first-order valence-corrected chi connectivity index (χ1v) is 8.69. The molecule has 2 saturated carbocycles. The molecule has 0 spiro atoms. The molecule has 0 aromatic carbocycles. The average Bonchev–Trinajstić information content (AvgIpc) is 2.49. The molecule has 3 aliphatic carbocycles. The van der Waals surface area contributed by atoms with Gasteiger partial charge in [0.25, 0.3) is 0 Å². The maximum Gasteiger partial charge on any atom is 0.335 e. The molecule has 0 aromatic heterocycles. The van der Waals surface area contributed by atoms with Gasteiger partial charge in [0, 0.05) is 11.3 Å². The third kappa shape index (κ3) is 2.07. The summed E-state index contributed by atoms with van der Waals surface area (Å²) in [5.74, 6) is 0.718. The third-order valence-corrected chi connectivity index (χ3v) is 6.97. The van der Waals surface area contributed by atoms with Gasteiger partial charge in [-0.3, -0.25) is 4.79 Å². The van der Waals surface area contributed by atoms with Gasteiger partial charge < -0.3 is 9.84 Å². The van der Waals surface area contributed by atoms with Crippen molar-refractivity contribution in [3.8, 4) is 0 Å². The number of fused-ring (bicyclic) bond motifs is 5. The van der Waals surface area contributed by atoms with Crippen LogP contribution in [0.2, 0.25) is 0 Å². The first-order valence-electron chi connectivity index (χ1n) is 8.69. The van der Waals surface area contributed by atoms with E-state index in [2.05, 4.69) is 13.0 Å². The van der Waals surface area contributed by atoms with E-state index in [1.807, 2.05) is 13.0 Å². The molecule has 0 radical (unpaired) electrons. The topological polar surface area (TPSA) is 63.6 Å². The molecule has 0 aromatic rings. The molecule has 0 unspecified atom stereocenters. The van der Waals surface area contributed by atoms with Crippen LogP contribution in [0.3, 0.4) is 0 Å². The second kappa shape index (κ2) is 4.79. The summed E-state index contributed by atoms with van der Waals surface area (Å²) in [7, 11) is 0. The van der Waals surface area contributed by atoms with E-state index in [1.165, 1.54) is 5.57 Å². The quantitative estimate of drug-likeness (QED) is 0.698. The molecule has 0 bridgehead atoms. The van der Waals surface area contributed by atoms with E-state index in [-0.39, 0.29) is 17.1 Å². The summed E-state index contributed by atoms with van der Waals surface area (Å²) >= 11 is 0. The molecule has 4 rings (SSSR count). The van der Waals surface area contributed by atoms with Gasteiger partial charge in [-0.2, -0.15) is 0 Å². The minimum absolute atomic E-state index is 0.0649. The summed E-state index contributed by atoms with van der Waals surface area (Å²) in [6.45, 7) is 4.28.